The number of halogens is 1. The molecule has 2 N–H and O–H groups in total. The van der Waals surface area contributed by atoms with Crippen molar-refractivity contribution in [2.24, 2.45) is 0 Å². The van der Waals surface area contributed by atoms with Crippen molar-refractivity contribution in [3.05, 3.63) is 60.7 Å². The first kappa shape index (κ1) is 13.4. The van der Waals surface area contributed by atoms with Crippen LogP contribution in [0.15, 0.2) is 54.9 Å². The van der Waals surface area contributed by atoms with Crippen molar-refractivity contribution < 1.29 is 4.39 Å². The molecule has 0 radical (unpaired) electrons. The van der Waals surface area contributed by atoms with Gasteiger partial charge in [-0.1, -0.05) is 12.1 Å². The molecule has 0 spiro atoms. The van der Waals surface area contributed by atoms with Crippen LogP contribution in [-0.4, -0.2) is 11.5 Å². The Morgan fingerprint density at radius 2 is 1.86 bits per heavy atom. The number of pyridine rings is 1. The lowest BCUT2D eigenvalue weighted by molar-refractivity contribution is 0.626. The highest BCUT2D eigenvalue weighted by atomic mass is 19.1. The molecule has 0 bridgehead atoms. The molecule has 0 saturated carbocycles. The van der Waals surface area contributed by atoms with E-state index in [4.69, 9.17) is 5.73 Å². The summed E-state index contributed by atoms with van der Waals surface area (Å²) in [5.74, 6) is -0.242. The maximum atomic E-state index is 14.1. The minimum absolute atomic E-state index is 0.242. The van der Waals surface area contributed by atoms with Gasteiger partial charge in [0.15, 0.2) is 0 Å². The molecule has 0 amide bonds. The molecule has 2 aromatic carbocycles. The SMILES string of the molecule is CCN(c1ccccc1F)c1ccc(N)c2ccncc12. The van der Waals surface area contributed by atoms with Crippen molar-refractivity contribution in [2.45, 2.75) is 6.92 Å². The maximum absolute atomic E-state index is 14.1. The van der Waals surface area contributed by atoms with Crippen LogP contribution in [0.3, 0.4) is 0 Å². The highest BCUT2D eigenvalue weighted by Gasteiger charge is 2.15. The van der Waals surface area contributed by atoms with E-state index in [0.717, 1.165) is 16.5 Å². The fourth-order valence-corrected chi connectivity index (χ4v) is 2.58. The van der Waals surface area contributed by atoms with Crippen molar-refractivity contribution in [1.29, 1.82) is 0 Å². The van der Waals surface area contributed by atoms with Crippen LogP contribution >= 0.6 is 0 Å². The summed E-state index contributed by atoms with van der Waals surface area (Å²) >= 11 is 0. The number of fused-ring (bicyclic) bond motifs is 1. The molecule has 1 heterocycles. The zero-order valence-electron chi connectivity index (χ0n) is 11.8. The zero-order valence-corrected chi connectivity index (χ0v) is 11.8. The molecule has 3 nitrogen and oxygen atoms in total. The Bertz CT molecular complexity index is 786. The van der Waals surface area contributed by atoms with Gasteiger partial charge < -0.3 is 10.6 Å². The predicted molar refractivity (Wildman–Crippen MR) is 85.2 cm³/mol. The van der Waals surface area contributed by atoms with Gasteiger partial charge >= 0.3 is 0 Å². The number of anilines is 3. The summed E-state index contributed by atoms with van der Waals surface area (Å²) in [5.41, 5.74) is 8.16. The number of nitrogen functional groups attached to an aromatic ring is 1. The molecule has 3 rings (SSSR count). The lowest BCUT2D eigenvalue weighted by Crippen LogP contribution is -2.17. The average Bonchev–Trinajstić information content (AvgIpc) is 2.52. The molecule has 0 aliphatic carbocycles. The summed E-state index contributed by atoms with van der Waals surface area (Å²) in [6, 6.07) is 12.4. The summed E-state index contributed by atoms with van der Waals surface area (Å²) < 4.78 is 14.1. The van der Waals surface area contributed by atoms with E-state index in [0.29, 0.717) is 17.9 Å². The largest absolute Gasteiger partial charge is 0.398 e. The second kappa shape index (κ2) is 5.40. The van der Waals surface area contributed by atoms with Crippen LogP contribution in [-0.2, 0) is 0 Å². The number of hydrogen-bond acceptors (Lipinski definition) is 3. The Labute approximate surface area is 122 Å². The minimum atomic E-state index is -0.242. The topological polar surface area (TPSA) is 42.1 Å². The Morgan fingerprint density at radius 1 is 1.05 bits per heavy atom. The van der Waals surface area contributed by atoms with Crippen LogP contribution in [0.4, 0.5) is 21.5 Å². The normalized spacial score (nSPS) is 10.8. The first-order valence-electron chi connectivity index (χ1n) is 6.86. The van der Waals surface area contributed by atoms with Crippen molar-refractivity contribution >= 4 is 27.8 Å². The van der Waals surface area contributed by atoms with Crippen LogP contribution in [0.25, 0.3) is 10.8 Å². The zero-order chi connectivity index (χ0) is 14.8. The van der Waals surface area contributed by atoms with E-state index in [9.17, 15) is 4.39 Å². The van der Waals surface area contributed by atoms with Gasteiger partial charge in [-0.05, 0) is 37.3 Å². The summed E-state index contributed by atoms with van der Waals surface area (Å²) in [5, 5.41) is 1.85. The van der Waals surface area contributed by atoms with E-state index >= 15 is 0 Å². The van der Waals surface area contributed by atoms with Gasteiger partial charge in [0.05, 0.1) is 11.4 Å². The molecule has 0 atom stereocenters. The molecule has 4 heteroatoms. The summed E-state index contributed by atoms with van der Waals surface area (Å²) in [7, 11) is 0. The predicted octanol–water partition coefficient (Wildman–Crippen LogP) is 4.11. The average molecular weight is 281 g/mol. The van der Waals surface area contributed by atoms with E-state index in [-0.39, 0.29) is 5.82 Å². The first-order valence-corrected chi connectivity index (χ1v) is 6.86. The van der Waals surface area contributed by atoms with Crippen LogP contribution in [0.1, 0.15) is 6.92 Å². The Kier molecular flexibility index (Phi) is 3.44. The molecule has 0 aliphatic heterocycles. The minimum Gasteiger partial charge on any atom is -0.398 e. The Morgan fingerprint density at radius 3 is 2.62 bits per heavy atom. The van der Waals surface area contributed by atoms with Gasteiger partial charge in [-0.15, -0.1) is 0 Å². The highest BCUT2D eigenvalue weighted by molar-refractivity contribution is 6.02. The summed E-state index contributed by atoms with van der Waals surface area (Å²) in [4.78, 5) is 6.10. The van der Waals surface area contributed by atoms with Gasteiger partial charge in [0.1, 0.15) is 5.82 Å². The standard InChI is InChI=1S/C17H16FN3/c1-2-21(17-6-4-3-5-14(17)18)16-8-7-15(19)12-9-10-20-11-13(12)16/h3-11H,2,19H2,1H3. The van der Waals surface area contributed by atoms with Crippen LogP contribution in [0.5, 0.6) is 0 Å². The van der Waals surface area contributed by atoms with Crippen molar-refractivity contribution in [3.8, 4) is 0 Å². The number of aromatic nitrogens is 1. The third kappa shape index (κ3) is 2.29. The molecular weight excluding hydrogens is 265 g/mol. The van der Waals surface area contributed by atoms with Gasteiger partial charge in [-0.25, -0.2) is 4.39 Å². The lowest BCUT2D eigenvalue weighted by atomic mass is 10.1. The van der Waals surface area contributed by atoms with E-state index < -0.39 is 0 Å². The molecule has 0 unspecified atom stereocenters. The lowest BCUT2D eigenvalue weighted by Gasteiger charge is -2.25. The van der Waals surface area contributed by atoms with Crippen molar-refractivity contribution in [3.63, 3.8) is 0 Å². The van der Waals surface area contributed by atoms with Gasteiger partial charge in [0.2, 0.25) is 0 Å². The molecule has 106 valence electrons. The van der Waals surface area contributed by atoms with E-state index in [1.54, 1.807) is 24.5 Å². The number of nitrogens with zero attached hydrogens (tertiary/aromatic N) is 2. The Balaban J connectivity index is 2.23. The Hall–Kier alpha value is -2.62. The van der Waals surface area contributed by atoms with E-state index in [1.165, 1.54) is 6.07 Å². The second-order valence-corrected chi connectivity index (χ2v) is 4.79. The quantitative estimate of drug-likeness (QED) is 0.734. The van der Waals surface area contributed by atoms with Crippen molar-refractivity contribution in [2.75, 3.05) is 17.2 Å². The molecule has 21 heavy (non-hydrogen) atoms. The number of para-hydroxylation sites is 1. The maximum Gasteiger partial charge on any atom is 0.146 e. The van der Waals surface area contributed by atoms with Crippen LogP contribution < -0.4 is 10.6 Å². The number of nitrogens with two attached hydrogens (primary N) is 1. The monoisotopic (exact) mass is 281 g/mol. The van der Waals surface area contributed by atoms with E-state index in [2.05, 4.69) is 4.98 Å². The molecule has 0 aliphatic rings. The molecule has 1 aromatic heterocycles. The van der Waals surface area contributed by atoms with Gasteiger partial charge in [-0.3, -0.25) is 4.98 Å². The second-order valence-electron chi connectivity index (χ2n) is 4.79. The summed E-state index contributed by atoms with van der Waals surface area (Å²) in [6.07, 6.45) is 3.48. The van der Waals surface area contributed by atoms with Gasteiger partial charge in [0, 0.05) is 35.4 Å². The smallest absolute Gasteiger partial charge is 0.146 e. The highest BCUT2D eigenvalue weighted by Crippen LogP contribution is 2.35. The van der Waals surface area contributed by atoms with Gasteiger partial charge in [0.25, 0.3) is 0 Å². The van der Waals surface area contributed by atoms with Gasteiger partial charge in [-0.2, -0.15) is 0 Å². The van der Waals surface area contributed by atoms with E-state index in [1.807, 2.05) is 36.1 Å². The number of hydrogen-bond donors (Lipinski definition) is 1. The van der Waals surface area contributed by atoms with Crippen LogP contribution in [0, 0.1) is 5.82 Å². The fraction of sp³-hybridized carbons (Fsp3) is 0.118. The van der Waals surface area contributed by atoms with Crippen LogP contribution in [0.2, 0.25) is 0 Å². The molecule has 3 aromatic rings. The third-order valence-electron chi connectivity index (χ3n) is 3.58. The van der Waals surface area contributed by atoms with Crippen molar-refractivity contribution in [1.82, 2.24) is 4.98 Å². The number of rotatable bonds is 3. The number of benzene rings is 2. The fourth-order valence-electron chi connectivity index (χ4n) is 2.58. The molecule has 0 fully saturated rings. The summed E-state index contributed by atoms with van der Waals surface area (Å²) in [6.45, 7) is 2.64. The molecule has 0 saturated heterocycles. The first-order chi connectivity index (χ1) is 10.2. The third-order valence-corrected chi connectivity index (χ3v) is 3.58. The molecular formula is C17H16FN3.